The SMILES string of the molecule is CCCNC(=O)CCNC(=O)CN1CCNCC1. The minimum atomic E-state index is -0.000627. The molecule has 0 saturated carbocycles. The van der Waals surface area contributed by atoms with Crippen molar-refractivity contribution in [1.82, 2.24) is 20.9 Å². The Morgan fingerprint density at radius 1 is 1.11 bits per heavy atom. The summed E-state index contributed by atoms with van der Waals surface area (Å²) in [5.74, 6) is -0.000450. The third-order valence-electron chi connectivity index (χ3n) is 2.82. The van der Waals surface area contributed by atoms with Crippen LogP contribution < -0.4 is 16.0 Å². The van der Waals surface area contributed by atoms with E-state index in [4.69, 9.17) is 0 Å². The normalized spacial score (nSPS) is 16.3. The van der Waals surface area contributed by atoms with E-state index in [0.29, 0.717) is 26.1 Å². The molecule has 104 valence electrons. The lowest BCUT2D eigenvalue weighted by atomic mass is 10.3. The topological polar surface area (TPSA) is 73.5 Å². The first-order valence-corrected chi connectivity index (χ1v) is 6.69. The van der Waals surface area contributed by atoms with Gasteiger partial charge >= 0.3 is 0 Å². The van der Waals surface area contributed by atoms with Gasteiger partial charge < -0.3 is 16.0 Å². The molecule has 1 aliphatic heterocycles. The zero-order chi connectivity index (χ0) is 13.2. The van der Waals surface area contributed by atoms with Crippen LogP contribution in [0.5, 0.6) is 0 Å². The van der Waals surface area contributed by atoms with Crippen molar-refractivity contribution in [2.24, 2.45) is 0 Å². The molecule has 18 heavy (non-hydrogen) atoms. The largest absolute Gasteiger partial charge is 0.356 e. The summed E-state index contributed by atoms with van der Waals surface area (Å²) in [6, 6.07) is 0. The highest BCUT2D eigenvalue weighted by molar-refractivity contribution is 5.80. The zero-order valence-electron chi connectivity index (χ0n) is 11.1. The Bertz CT molecular complexity index is 265. The van der Waals surface area contributed by atoms with Crippen molar-refractivity contribution < 1.29 is 9.59 Å². The molecule has 1 fully saturated rings. The predicted molar refractivity (Wildman–Crippen MR) is 70.2 cm³/mol. The van der Waals surface area contributed by atoms with Gasteiger partial charge in [0.2, 0.25) is 11.8 Å². The molecule has 0 aromatic carbocycles. The molecule has 0 spiro atoms. The second kappa shape index (κ2) is 8.88. The highest BCUT2D eigenvalue weighted by Gasteiger charge is 2.13. The number of hydrogen-bond donors (Lipinski definition) is 3. The Hall–Kier alpha value is -1.14. The van der Waals surface area contributed by atoms with Gasteiger partial charge in [-0.3, -0.25) is 14.5 Å². The van der Waals surface area contributed by atoms with Crippen molar-refractivity contribution >= 4 is 11.8 Å². The fourth-order valence-electron chi connectivity index (χ4n) is 1.80. The summed E-state index contributed by atoms with van der Waals surface area (Å²) in [6.45, 7) is 7.25. The van der Waals surface area contributed by atoms with Crippen molar-refractivity contribution in [3.63, 3.8) is 0 Å². The van der Waals surface area contributed by atoms with Gasteiger partial charge in [0, 0.05) is 45.7 Å². The van der Waals surface area contributed by atoms with Gasteiger partial charge in [0.05, 0.1) is 6.54 Å². The average Bonchev–Trinajstić information content (AvgIpc) is 2.37. The van der Waals surface area contributed by atoms with Crippen LogP contribution in [0.2, 0.25) is 0 Å². The van der Waals surface area contributed by atoms with E-state index < -0.39 is 0 Å². The third-order valence-corrected chi connectivity index (χ3v) is 2.82. The summed E-state index contributed by atoms with van der Waals surface area (Å²) >= 11 is 0. The molecule has 1 saturated heterocycles. The number of nitrogens with zero attached hydrogens (tertiary/aromatic N) is 1. The Balaban J connectivity index is 2.04. The molecule has 0 radical (unpaired) electrons. The fraction of sp³-hybridized carbons (Fsp3) is 0.833. The molecule has 1 rings (SSSR count). The summed E-state index contributed by atoms with van der Waals surface area (Å²) in [5, 5.41) is 8.79. The Labute approximate surface area is 108 Å². The van der Waals surface area contributed by atoms with E-state index in [0.717, 1.165) is 32.6 Å². The summed E-state index contributed by atoms with van der Waals surface area (Å²) in [7, 11) is 0. The lowest BCUT2D eigenvalue weighted by Gasteiger charge is -2.26. The average molecular weight is 256 g/mol. The molecule has 0 aromatic heterocycles. The van der Waals surface area contributed by atoms with Gasteiger partial charge in [0.1, 0.15) is 0 Å². The quantitative estimate of drug-likeness (QED) is 0.542. The smallest absolute Gasteiger partial charge is 0.234 e. The van der Waals surface area contributed by atoms with Crippen molar-refractivity contribution in [3.8, 4) is 0 Å². The van der Waals surface area contributed by atoms with Gasteiger partial charge in [-0.2, -0.15) is 0 Å². The summed E-state index contributed by atoms with van der Waals surface area (Å²) in [4.78, 5) is 25.0. The van der Waals surface area contributed by atoms with Gasteiger partial charge in [0.25, 0.3) is 0 Å². The van der Waals surface area contributed by atoms with Crippen LogP contribution in [0.25, 0.3) is 0 Å². The maximum atomic E-state index is 11.6. The van der Waals surface area contributed by atoms with Crippen LogP contribution >= 0.6 is 0 Å². The van der Waals surface area contributed by atoms with E-state index in [1.165, 1.54) is 0 Å². The maximum absolute atomic E-state index is 11.6. The van der Waals surface area contributed by atoms with Crippen LogP contribution in [-0.4, -0.2) is 62.5 Å². The number of carbonyl (C=O) groups is 2. The molecule has 0 aromatic rings. The van der Waals surface area contributed by atoms with Crippen molar-refractivity contribution in [2.45, 2.75) is 19.8 Å². The standard InChI is InChI=1S/C12H24N4O2/c1-2-4-14-11(17)3-5-15-12(18)10-16-8-6-13-7-9-16/h13H,2-10H2,1H3,(H,14,17)(H,15,18). The third kappa shape index (κ3) is 6.56. The number of amides is 2. The number of nitrogens with one attached hydrogen (secondary N) is 3. The minimum absolute atomic E-state index is 0.000177. The summed E-state index contributed by atoms with van der Waals surface area (Å²) < 4.78 is 0. The number of carbonyl (C=O) groups excluding carboxylic acids is 2. The number of hydrogen-bond acceptors (Lipinski definition) is 4. The molecule has 1 heterocycles. The first kappa shape index (κ1) is 14.9. The first-order valence-electron chi connectivity index (χ1n) is 6.69. The van der Waals surface area contributed by atoms with Crippen LogP contribution in [0.3, 0.4) is 0 Å². The minimum Gasteiger partial charge on any atom is -0.356 e. The van der Waals surface area contributed by atoms with Crippen LogP contribution in [0.15, 0.2) is 0 Å². The van der Waals surface area contributed by atoms with Gasteiger partial charge in [0.15, 0.2) is 0 Å². The van der Waals surface area contributed by atoms with E-state index in [1.54, 1.807) is 0 Å². The predicted octanol–water partition coefficient (Wildman–Crippen LogP) is -1.08. The second-order valence-corrected chi connectivity index (χ2v) is 4.48. The molecule has 1 aliphatic rings. The van der Waals surface area contributed by atoms with Crippen LogP contribution in [0.4, 0.5) is 0 Å². The molecule has 0 bridgehead atoms. The molecule has 0 aliphatic carbocycles. The van der Waals surface area contributed by atoms with Gasteiger partial charge in [-0.25, -0.2) is 0 Å². The summed E-state index contributed by atoms with van der Waals surface area (Å²) in [5.41, 5.74) is 0. The Morgan fingerprint density at radius 2 is 1.78 bits per heavy atom. The molecular weight excluding hydrogens is 232 g/mol. The van der Waals surface area contributed by atoms with Gasteiger partial charge in [-0.1, -0.05) is 6.92 Å². The molecule has 0 unspecified atom stereocenters. The molecule has 0 atom stereocenters. The van der Waals surface area contributed by atoms with E-state index in [9.17, 15) is 9.59 Å². The molecule has 6 heteroatoms. The first-order chi connectivity index (χ1) is 8.72. The molecule has 3 N–H and O–H groups in total. The fourth-order valence-corrected chi connectivity index (χ4v) is 1.80. The molecule has 2 amide bonds. The van der Waals surface area contributed by atoms with Crippen molar-refractivity contribution in [1.29, 1.82) is 0 Å². The van der Waals surface area contributed by atoms with E-state index in [2.05, 4.69) is 20.9 Å². The number of piperazine rings is 1. The Morgan fingerprint density at radius 3 is 2.44 bits per heavy atom. The van der Waals surface area contributed by atoms with Crippen LogP contribution in [-0.2, 0) is 9.59 Å². The number of rotatable bonds is 7. The maximum Gasteiger partial charge on any atom is 0.234 e. The second-order valence-electron chi connectivity index (χ2n) is 4.48. The molecular formula is C12H24N4O2. The van der Waals surface area contributed by atoms with E-state index in [1.807, 2.05) is 6.92 Å². The van der Waals surface area contributed by atoms with Gasteiger partial charge in [-0.05, 0) is 6.42 Å². The lowest BCUT2D eigenvalue weighted by Crippen LogP contribution is -2.47. The summed E-state index contributed by atoms with van der Waals surface area (Å²) in [6.07, 6.45) is 1.29. The van der Waals surface area contributed by atoms with Crippen LogP contribution in [0.1, 0.15) is 19.8 Å². The van der Waals surface area contributed by atoms with Crippen molar-refractivity contribution in [3.05, 3.63) is 0 Å². The highest BCUT2D eigenvalue weighted by Crippen LogP contribution is 1.91. The van der Waals surface area contributed by atoms with Crippen molar-refractivity contribution in [2.75, 3.05) is 45.8 Å². The van der Waals surface area contributed by atoms with E-state index in [-0.39, 0.29) is 11.8 Å². The van der Waals surface area contributed by atoms with Crippen LogP contribution in [0, 0.1) is 0 Å². The highest BCUT2D eigenvalue weighted by atomic mass is 16.2. The molecule has 6 nitrogen and oxygen atoms in total. The monoisotopic (exact) mass is 256 g/mol. The lowest BCUT2D eigenvalue weighted by molar-refractivity contribution is -0.123. The zero-order valence-corrected chi connectivity index (χ0v) is 11.1. The van der Waals surface area contributed by atoms with E-state index >= 15 is 0 Å². The Kier molecular flexibility index (Phi) is 7.36. The van der Waals surface area contributed by atoms with Gasteiger partial charge in [-0.15, -0.1) is 0 Å².